The number of Topliss-reactive ketones (excluding diaryl/α,β-unsaturated/α-hetero) is 1. The molecule has 0 aliphatic heterocycles. The van der Waals surface area contributed by atoms with Crippen LogP contribution in [0.4, 0.5) is 11.4 Å². The lowest BCUT2D eigenvalue weighted by Gasteiger charge is -2.05. The molecule has 1 N–H and O–H groups in total. The molecule has 0 atom stereocenters. The van der Waals surface area contributed by atoms with E-state index >= 15 is 0 Å². The molecule has 0 heterocycles. The van der Waals surface area contributed by atoms with Gasteiger partial charge in [-0.15, -0.1) is 0 Å². The van der Waals surface area contributed by atoms with E-state index in [1.165, 1.54) is 11.1 Å². The molecule has 3 aromatic rings. The number of hydrogen-bond donors (Lipinski definition) is 1. The average Bonchev–Trinajstić information content (AvgIpc) is 2.67. The fraction of sp³-hybridized carbons (Fsp3) is 0.208. The lowest BCUT2D eigenvalue weighted by Crippen LogP contribution is -1.90. The van der Waals surface area contributed by atoms with Crippen molar-refractivity contribution < 1.29 is 4.79 Å². The van der Waals surface area contributed by atoms with Crippen molar-refractivity contribution in [3.63, 3.8) is 0 Å². The normalized spacial score (nSPS) is 9.12. The van der Waals surface area contributed by atoms with Crippen LogP contribution in [-0.4, -0.2) is 5.78 Å². The van der Waals surface area contributed by atoms with Crippen molar-refractivity contribution in [2.75, 3.05) is 5.32 Å². The Hall–Kier alpha value is -2.87. The van der Waals surface area contributed by atoms with Gasteiger partial charge in [-0.05, 0) is 45.0 Å². The first-order chi connectivity index (χ1) is 12.5. The molecule has 3 aromatic carbocycles. The Bertz CT molecular complexity index is 760. The summed E-state index contributed by atoms with van der Waals surface area (Å²) in [6.07, 6.45) is 0. The van der Waals surface area contributed by atoms with Gasteiger partial charge in [0.15, 0.2) is 5.78 Å². The maximum Gasteiger partial charge on any atom is 0.159 e. The van der Waals surface area contributed by atoms with Crippen LogP contribution in [0.15, 0.2) is 78.9 Å². The van der Waals surface area contributed by atoms with Crippen molar-refractivity contribution in [1.29, 1.82) is 0 Å². The SMILES string of the molecule is CC.CC(=O)c1ccc(C)cc1.Cc1ccc(Nc2ccccc2)cc1. The maximum absolute atomic E-state index is 10.8. The minimum atomic E-state index is 0.125. The Morgan fingerprint density at radius 2 is 1.08 bits per heavy atom. The minimum absolute atomic E-state index is 0.125. The average molecular weight is 348 g/mol. The Balaban J connectivity index is 0.000000249. The first kappa shape index (κ1) is 21.2. The molecule has 0 amide bonds. The fourth-order valence-electron chi connectivity index (χ4n) is 2.11. The van der Waals surface area contributed by atoms with Crippen LogP contribution in [0.1, 0.15) is 42.3 Å². The van der Waals surface area contributed by atoms with Crippen molar-refractivity contribution in [1.82, 2.24) is 0 Å². The number of benzene rings is 3. The van der Waals surface area contributed by atoms with Crippen LogP contribution in [0.2, 0.25) is 0 Å². The Morgan fingerprint density at radius 1 is 0.654 bits per heavy atom. The molecule has 2 nitrogen and oxygen atoms in total. The number of nitrogens with one attached hydrogen (secondary N) is 1. The highest BCUT2D eigenvalue weighted by Crippen LogP contribution is 2.15. The number of carbonyl (C=O) groups is 1. The molecule has 0 radical (unpaired) electrons. The van der Waals surface area contributed by atoms with Crippen LogP contribution in [0.3, 0.4) is 0 Å². The number of para-hydroxylation sites is 1. The molecular weight excluding hydrogens is 318 g/mol. The first-order valence-corrected chi connectivity index (χ1v) is 9.01. The van der Waals surface area contributed by atoms with Crippen molar-refractivity contribution >= 4 is 17.2 Å². The summed E-state index contributed by atoms with van der Waals surface area (Å²) in [5.74, 6) is 0.125. The second kappa shape index (κ2) is 11.6. The number of ketones is 1. The van der Waals surface area contributed by atoms with E-state index < -0.39 is 0 Å². The third-order valence-corrected chi connectivity index (χ3v) is 3.57. The smallest absolute Gasteiger partial charge is 0.159 e. The summed E-state index contributed by atoms with van der Waals surface area (Å²) in [6.45, 7) is 9.67. The third kappa shape index (κ3) is 7.80. The number of aryl methyl sites for hydroxylation is 2. The first-order valence-electron chi connectivity index (χ1n) is 9.01. The van der Waals surface area contributed by atoms with Gasteiger partial charge in [0.25, 0.3) is 0 Å². The maximum atomic E-state index is 10.8. The van der Waals surface area contributed by atoms with Gasteiger partial charge in [-0.2, -0.15) is 0 Å². The van der Waals surface area contributed by atoms with Gasteiger partial charge in [0.2, 0.25) is 0 Å². The van der Waals surface area contributed by atoms with Crippen LogP contribution in [-0.2, 0) is 0 Å². The van der Waals surface area contributed by atoms with Gasteiger partial charge >= 0.3 is 0 Å². The molecule has 0 saturated carbocycles. The van der Waals surface area contributed by atoms with Crippen molar-refractivity contribution in [2.45, 2.75) is 34.6 Å². The predicted octanol–water partition coefficient (Wildman–Crippen LogP) is 6.96. The molecule has 0 aliphatic carbocycles. The standard InChI is InChI=1S/C13H13N.C9H10O.C2H6/c1-11-7-9-13(10-8-11)14-12-5-3-2-4-6-12;1-7-3-5-9(6-4-7)8(2)10;1-2/h2-10,14H,1H3;3-6H,1-2H3;1-2H3. The zero-order chi connectivity index (χ0) is 19.4. The van der Waals surface area contributed by atoms with E-state index in [0.29, 0.717) is 0 Å². The molecule has 26 heavy (non-hydrogen) atoms. The number of hydrogen-bond acceptors (Lipinski definition) is 2. The quantitative estimate of drug-likeness (QED) is 0.519. The highest BCUT2D eigenvalue weighted by Gasteiger charge is 1.95. The monoisotopic (exact) mass is 347 g/mol. The molecule has 0 spiro atoms. The van der Waals surface area contributed by atoms with E-state index in [4.69, 9.17) is 0 Å². The van der Waals surface area contributed by atoms with Gasteiger partial charge in [-0.3, -0.25) is 4.79 Å². The highest BCUT2D eigenvalue weighted by atomic mass is 16.1. The highest BCUT2D eigenvalue weighted by molar-refractivity contribution is 5.93. The van der Waals surface area contributed by atoms with Gasteiger partial charge in [0.05, 0.1) is 0 Å². The lowest BCUT2D eigenvalue weighted by atomic mass is 10.1. The summed E-state index contributed by atoms with van der Waals surface area (Å²) in [5.41, 5.74) is 5.50. The predicted molar refractivity (Wildman–Crippen MR) is 113 cm³/mol. The molecule has 0 fully saturated rings. The van der Waals surface area contributed by atoms with E-state index in [2.05, 4.69) is 48.6 Å². The largest absolute Gasteiger partial charge is 0.356 e. The zero-order valence-corrected chi connectivity index (χ0v) is 16.4. The summed E-state index contributed by atoms with van der Waals surface area (Å²) in [5, 5.41) is 3.33. The van der Waals surface area contributed by atoms with Crippen molar-refractivity contribution in [3.8, 4) is 0 Å². The lowest BCUT2D eigenvalue weighted by molar-refractivity contribution is 0.101. The molecule has 0 bridgehead atoms. The number of rotatable bonds is 3. The minimum Gasteiger partial charge on any atom is -0.356 e. The van der Waals surface area contributed by atoms with Crippen LogP contribution < -0.4 is 5.32 Å². The topological polar surface area (TPSA) is 29.1 Å². The fourth-order valence-corrected chi connectivity index (χ4v) is 2.11. The molecule has 0 aliphatic rings. The van der Waals surface area contributed by atoms with Gasteiger partial charge in [0.1, 0.15) is 0 Å². The van der Waals surface area contributed by atoms with Crippen LogP contribution >= 0.6 is 0 Å². The molecule has 0 saturated heterocycles. The Morgan fingerprint density at radius 3 is 1.54 bits per heavy atom. The van der Waals surface area contributed by atoms with Crippen LogP contribution in [0, 0.1) is 13.8 Å². The molecule has 2 heteroatoms. The molecule has 0 unspecified atom stereocenters. The number of anilines is 2. The Labute approximate surface area is 157 Å². The summed E-state index contributed by atoms with van der Waals surface area (Å²) in [6, 6.07) is 26.1. The van der Waals surface area contributed by atoms with E-state index in [-0.39, 0.29) is 5.78 Å². The van der Waals surface area contributed by atoms with E-state index in [1.807, 2.05) is 63.2 Å². The van der Waals surface area contributed by atoms with Crippen LogP contribution in [0.25, 0.3) is 0 Å². The summed E-state index contributed by atoms with van der Waals surface area (Å²) < 4.78 is 0. The van der Waals surface area contributed by atoms with E-state index in [1.54, 1.807) is 6.92 Å². The van der Waals surface area contributed by atoms with Crippen LogP contribution in [0.5, 0.6) is 0 Å². The van der Waals surface area contributed by atoms with E-state index in [0.717, 1.165) is 16.9 Å². The molecular formula is C24H29NO. The zero-order valence-electron chi connectivity index (χ0n) is 16.4. The van der Waals surface area contributed by atoms with Gasteiger partial charge in [-0.1, -0.05) is 79.6 Å². The van der Waals surface area contributed by atoms with Crippen molar-refractivity contribution in [2.24, 2.45) is 0 Å². The second-order valence-electron chi connectivity index (χ2n) is 5.78. The summed E-state index contributed by atoms with van der Waals surface area (Å²) in [7, 11) is 0. The molecule has 0 aromatic heterocycles. The third-order valence-electron chi connectivity index (χ3n) is 3.57. The summed E-state index contributed by atoms with van der Waals surface area (Å²) >= 11 is 0. The second-order valence-corrected chi connectivity index (χ2v) is 5.78. The number of carbonyl (C=O) groups excluding carboxylic acids is 1. The summed E-state index contributed by atoms with van der Waals surface area (Å²) in [4.78, 5) is 10.8. The molecule has 136 valence electrons. The van der Waals surface area contributed by atoms with Gasteiger partial charge < -0.3 is 5.32 Å². The van der Waals surface area contributed by atoms with Gasteiger partial charge in [0, 0.05) is 16.9 Å². The molecule has 3 rings (SSSR count). The van der Waals surface area contributed by atoms with Gasteiger partial charge in [-0.25, -0.2) is 0 Å². The Kier molecular flexibility index (Phi) is 9.48. The van der Waals surface area contributed by atoms with Crippen molar-refractivity contribution in [3.05, 3.63) is 95.6 Å². The van der Waals surface area contributed by atoms with E-state index in [9.17, 15) is 4.79 Å².